The maximum atomic E-state index is 13.3. The van der Waals surface area contributed by atoms with E-state index in [0.29, 0.717) is 12.3 Å². The lowest BCUT2D eigenvalue weighted by Crippen LogP contribution is -2.46. The Morgan fingerprint density at radius 2 is 2.03 bits per heavy atom. The highest BCUT2D eigenvalue weighted by Gasteiger charge is 2.28. The maximum Gasteiger partial charge on any atom is 0.233 e. The number of fused-ring (bicyclic) bond motifs is 1. The molecule has 29 heavy (non-hydrogen) atoms. The molecule has 0 bridgehead atoms. The Hall–Kier alpha value is -2.25. The van der Waals surface area contributed by atoms with E-state index in [1.165, 1.54) is 11.8 Å². The number of furan rings is 1. The van der Waals surface area contributed by atoms with Gasteiger partial charge in [0.1, 0.15) is 5.76 Å². The van der Waals surface area contributed by atoms with Crippen molar-refractivity contribution < 1.29 is 9.21 Å². The first kappa shape index (κ1) is 20.0. The minimum Gasteiger partial charge on any atom is -0.467 e. The molecule has 154 valence electrons. The van der Waals surface area contributed by atoms with Crippen molar-refractivity contribution in [1.29, 1.82) is 0 Å². The second-order valence-electron chi connectivity index (χ2n) is 7.55. The second kappa shape index (κ2) is 9.05. The van der Waals surface area contributed by atoms with Crippen LogP contribution in [-0.2, 0) is 17.9 Å². The van der Waals surface area contributed by atoms with Gasteiger partial charge in [0.15, 0.2) is 5.16 Å². The van der Waals surface area contributed by atoms with Crippen molar-refractivity contribution in [3.8, 4) is 0 Å². The van der Waals surface area contributed by atoms with E-state index in [9.17, 15) is 4.79 Å². The van der Waals surface area contributed by atoms with Gasteiger partial charge in [-0.05, 0) is 64.2 Å². The van der Waals surface area contributed by atoms with Crippen LogP contribution in [0.25, 0.3) is 11.0 Å². The molecule has 0 saturated carbocycles. The van der Waals surface area contributed by atoms with E-state index < -0.39 is 0 Å². The van der Waals surface area contributed by atoms with Crippen molar-refractivity contribution in [2.75, 3.05) is 25.9 Å². The Kier molecular flexibility index (Phi) is 6.25. The number of hydrogen-bond donors (Lipinski definition) is 0. The van der Waals surface area contributed by atoms with Gasteiger partial charge in [0.05, 0.1) is 29.6 Å². The maximum absolute atomic E-state index is 13.3. The van der Waals surface area contributed by atoms with Crippen LogP contribution in [0, 0.1) is 0 Å². The molecule has 0 spiro atoms. The van der Waals surface area contributed by atoms with E-state index in [-0.39, 0.29) is 11.9 Å². The van der Waals surface area contributed by atoms with Crippen LogP contribution in [0.2, 0.25) is 0 Å². The SMILES string of the molecule is CCn1c(SCC(=O)N(Cc2ccco2)C2CCN(C)CC2)nc2ccccc21. The summed E-state index contributed by atoms with van der Waals surface area (Å²) in [7, 11) is 2.14. The summed E-state index contributed by atoms with van der Waals surface area (Å²) in [5.74, 6) is 1.37. The Bertz CT molecular complexity index is 945. The van der Waals surface area contributed by atoms with Gasteiger partial charge in [-0.1, -0.05) is 23.9 Å². The largest absolute Gasteiger partial charge is 0.467 e. The third kappa shape index (κ3) is 4.51. The fourth-order valence-corrected chi connectivity index (χ4v) is 4.94. The van der Waals surface area contributed by atoms with E-state index in [1.54, 1.807) is 6.26 Å². The first-order valence-electron chi connectivity index (χ1n) is 10.2. The predicted molar refractivity (Wildman–Crippen MR) is 116 cm³/mol. The number of aromatic nitrogens is 2. The molecule has 0 N–H and O–H groups in total. The predicted octanol–water partition coefficient (Wildman–Crippen LogP) is 3.86. The summed E-state index contributed by atoms with van der Waals surface area (Å²) in [5, 5.41) is 0.906. The molecular weight excluding hydrogens is 384 g/mol. The van der Waals surface area contributed by atoms with Crippen molar-refractivity contribution in [3.05, 3.63) is 48.4 Å². The van der Waals surface area contributed by atoms with Gasteiger partial charge in [-0.15, -0.1) is 0 Å². The van der Waals surface area contributed by atoms with Gasteiger partial charge in [0.2, 0.25) is 5.91 Å². The summed E-state index contributed by atoms with van der Waals surface area (Å²) < 4.78 is 7.72. The van der Waals surface area contributed by atoms with Crippen molar-refractivity contribution in [1.82, 2.24) is 19.4 Å². The normalized spacial score (nSPS) is 15.8. The summed E-state index contributed by atoms with van der Waals surface area (Å²) in [6, 6.07) is 12.2. The minimum absolute atomic E-state index is 0.149. The molecule has 1 saturated heterocycles. The van der Waals surface area contributed by atoms with E-state index in [4.69, 9.17) is 9.40 Å². The summed E-state index contributed by atoms with van der Waals surface area (Å²) in [5.41, 5.74) is 2.10. The average molecular weight is 413 g/mol. The first-order valence-corrected chi connectivity index (χ1v) is 11.2. The van der Waals surface area contributed by atoms with Crippen LogP contribution in [0.1, 0.15) is 25.5 Å². The number of para-hydroxylation sites is 2. The molecule has 0 unspecified atom stereocenters. The van der Waals surface area contributed by atoms with E-state index in [1.807, 2.05) is 35.2 Å². The van der Waals surface area contributed by atoms with Crippen LogP contribution in [0.3, 0.4) is 0 Å². The van der Waals surface area contributed by atoms with E-state index >= 15 is 0 Å². The fraction of sp³-hybridized carbons (Fsp3) is 0.455. The number of hydrogen-bond acceptors (Lipinski definition) is 5. The summed E-state index contributed by atoms with van der Waals surface area (Å²) in [4.78, 5) is 22.3. The fourth-order valence-electron chi connectivity index (χ4n) is 3.98. The lowest BCUT2D eigenvalue weighted by atomic mass is 10.0. The third-order valence-corrected chi connectivity index (χ3v) is 6.58. The molecule has 0 aliphatic carbocycles. The topological polar surface area (TPSA) is 54.5 Å². The van der Waals surface area contributed by atoms with Gasteiger partial charge in [-0.2, -0.15) is 0 Å². The van der Waals surface area contributed by atoms with Gasteiger partial charge in [0, 0.05) is 12.6 Å². The Morgan fingerprint density at radius 1 is 1.24 bits per heavy atom. The van der Waals surface area contributed by atoms with Crippen LogP contribution in [0.5, 0.6) is 0 Å². The highest BCUT2D eigenvalue weighted by Crippen LogP contribution is 2.26. The number of nitrogens with zero attached hydrogens (tertiary/aromatic N) is 4. The minimum atomic E-state index is 0.149. The zero-order valence-electron chi connectivity index (χ0n) is 17.1. The van der Waals surface area contributed by atoms with E-state index in [2.05, 4.69) is 29.5 Å². The number of likely N-dealkylation sites (tertiary alicyclic amines) is 1. The van der Waals surface area contributed by atoms with Crippen LogP contribution in [0.4, 0.5) is 0 Å². The molecule has 1 aliphatic heterocycles. The Labute approximate surface area is 175 Å². The lowest BCUT2D eigenvalue weighted by Gasteiger charge is -2.37. The molecule has 2 aromatic heterocycles. The molecule has 7 heteroatoms. The summed E-state index contributed by atoms with van der Waals surface area (Å²) >= 11 is 1.53. The summed E-state index contributed by atoms with van der Waals surface area (Å²) in [6.45, 7) is 5.52. The van der Waals surface area contributed by atoms with Crippen molar-refractivity contribution in [2.24, 2.45) is 0 Å². The second-order valence-corrected chi connectivity index (χ2v) is 8.49. The average Bonchev–Trinajstić information content (AvgIpc) is 3.38. The highest BCUT2D eigenvalue weighted by atomic mass is 32.2. The van der Waals surface area contributed by atoms with Gasteiger partial charge in [-0.25, -0.2) is 4.98 Å². The smallest absolute Gasteiger partial charge is 0.233 e. The molecular formula is C22H28N4O2S. The zero-order valence-corrected chi connectivity index (χ0v) is 17.9. The van der Waals surface area contributed by atoms with Crippen molar-refractivity contribution in [3.63, 3.8) is 0 Å². The molecule has 0 radical (unpaired) electrons. The van der Waals surface area contributed by atoms with Crippen LogP contribution >= 0.6 is 11.8 Å². The zero-order chi connectivity index (χ0) is 20.2. The van der Waals surface area contributed by atoms with Crippen molar-refractivity contribution in [2.45, 2.75) is 44.1 Å². The van der Waals surface area contributed by atoms with Gasteiger partial charge < -0.3 is 18.8 Å². The number of piperidine rings is 1. The Balaban J connectivity index is 1.49. The molecule has 1 aliphatic rings. The van der Waals surface area contributed by atoms with Gasteiger partial charge >= 0.3 is 0 Å². The standard InChI is InChI=1S/C22H28N4O2S/c1-3-25-20-9-5-4-8-19(20)23-22(25)29-16-21(27)26(15-18-7-6-14-28-18)17-10-12-24(2)13-11-17/h4-9,14,17H,3,10-13,15-16H2,1-2H3. The molecule has 1 amide bonds. The lowest BCUT2D eigenvalue weighted by molar-refractivity contribution is -0.132. The molecule has 0 atom stereocenters. The number of aryl methyl sites for hydroxylation is 1. The molecule has 1 aromatic carbocycles. The van der Waals surface area contributed by atoms with Gasteiger partial charge in [0.25, 0.3) is 0 Å². The first-order chi connectivity index (χ1) is 14.2. The van der Waals surface area contributed by atoms with Gasteiger partial charge in [-0.3, -0.25) is 4.79 Å². The van der Waals surface area contributed by atoms with Crippen molar-refractivity contribution >= 4 is 28.7 Å². The number of rotatable bonds is 7. The number of imidazole rings is 1. The van der Waals surface area contributed by atoms with Crippen LogP contribution in [0.15, 0.2) is 52.2 Å². The number of thioether (sulfide) groups is 1. The monoisotopic (exact) mass is 412 g/mol. The molecule has 4 rings (SSSR count). The third-order valence-electron chi connectivity index (χ3n) is 5.62. The quantitative estimate of drug-likeness (QED) is 0.552. The number of benzene rings is 1. The number of amides is 1. The Morgan fingerprint density at radius 3 is 2.76 bits per heavy atom. The molecule has 3 aromatic rings. The van der Waals surface area contributed by atoms with Crippen LogP contribution in [-0.4, -0.2) is 57.2 Å². The highest BCUT2D eigenvalue weighted by molar-refractivity contribution is 7.99. The molecule has 1 fully saturated rings. The molecule has 6 nitrogen and oxygen atoms in total. The molecule has 3 heterocycles. The van der Waals surface area contributed by atoms with E-state index in [0.717, 1.165) is 54.4 Å². The number of carbonyl (C=O) groups is 1. The summed E-state index contributed by atoms with van der Waals surface area (Å²) in [6.07, 6.45) is 3.67. The number of carbonyl (C=O) groups excluding carboxylic acids is 1. The van der Waals surface area contributed by atoms with Crippen LogP contribution < -0.4 is 0 Å².